The number of ether oxygens (including phenoxy) is 1. The molecule has 0 bridgehead atoms. The fourth-order valence-corrected chi connectivity index (χ4v) is 4.00. The highest BCUT2D eigenvalue weighted by Gasteiger charge is 2.39. The van der Waals surface area contributed by atoms with Gasteiger partial charge in [-0.05, 0) is 44.6 Å². The number of carbonyl (C=O) groups is 1. The van der Waals surface area contributed by atoms with Crippen LogP contribution in [0.5, 0.6) is 5.88 Å². The van der Waals surface area contributed by atoms with E-state index in [0.29, 0.717) is 53.1 Å². The van der Waals surface area contributed by atoms with Crippen molar-refractivity contribution in [3.05, 3.63) is 23.4 Å². The predicted octanol–water partition coefficient (Wildman–Crippen LogP) is 2.62. The van der Waals surface area contributed by atoms with Crippen LogP contribution < -0.4 is 10.1 Å². The number of aromatic nitrogens is 1. The first-order chi connectivity index (χ1) is 16.2. The fraction of sp³-hybridized carbons (Fsp3) is 0.680. The summed E-state index contributed by atoms with van der Waals surface area (Å²) < 4.78 is 6.33. The number of nitrogens with one attached hydrogen (secondary N) is 2. The van der Waals surface area contributed by atoms with Crippen molar-refractivity contribution in [2.75, 3.05) is 39.9 Å². The zero-order valence-electron chi connectivity index (χ0n) is 21.2. The van der Waals surface area contributed by atoms with Crippen molar-refractivity contribution in [2.45, 2.75) is 59.3 Å². The van der Waals surface area contributed by atoms with E-state index in [0.717, 1.165) is 45.2 Å². The monoisotopic (exact) mass is 477 g/mol. The molecule has 1 amide bonds. The first-order valence-electron chi connectivity index (χ1n) is 12.4. The van der Waals surface area contributed by atoms with Crippen molar-refractivity contribution >= 4 is 17.8 Å². The van der Waals surface area contributed by atoms with Gasteiger partial charge in [-0.2, -0.15) is 4.48 Å². The maximum atomic E-state index is 12.3. The molecular weight excluding hydrogens is 434 g/mol. The Hall–Kier alpha value is -2.52. The summed E-state index contributed by atoms with van der Waals surface area (Å²) in [6.07, 6.45) is 5.51. The molecule has 5 N–H and O–H groups in total. The number of quaternary nitrogens is 1. The van der Waals surface area contributed by atoms with Crippen molar-refractivity contribution in [1.29, 1.82) is 5.41 Å². The predicted molar refractivity (Wildman–Crippen MR) is 135 cm³/mol. The zero-order chi connectivity index (χ0) is 25.1. The van der Waals surface area contributed by atoms with Crippen LogP contribution in [0.4, 0.5) is 0 Å². The average Bonchev–Trinajstić information content (AvgIpc) is 2.80. The van der Waals surface area contributed by atoms with E-state index in [-0.39, 0.29) is 24.3 Å². The minimum Gasteiger partial charge on any atom is -0.536 e. The number of hydrogen-bond donors (Lipinski definition) is 3. The minimum absolute atomic E-state index is 0.0403. The summed E-state index contributed by atoms with van der Waals surface area (Å²) in [5, 5.41) is 27.9. The number of aliphatic hydroxyl groups excluding tert-OH is 1. The molecule has 1 aromatic rings. The van der Waals surface area contributed by atoms with Crippen LogP contribution in [-0.2, 0) is 0 Å². The van der Waals surface area contributed by atoms with Gasteiger partial charge in [0.15, 0.2) is 0 Å². The second-order valence-corrected chi connectivity index (χ2v) is 9.72. The number of nitrogens with zero attached hydrogens (tertiary/aromatic N) is 3. The maximum absolute atomic E-state index is 12.3. The van der Waals surface area contributed by atoms with Gasteiger partial charge in [-0.1, -0.05) is 18.8 Å². The lowest BCUT2D eigenvalue weighted by Crippen LogP contribution is -2.54. The Balaban J connectivity index is 1.73. The molecule has 190 valence electrons. The molecule has 0 unspecified atom stereocenters. The van der Waals surface area contributed by atoms with Crippen molar-refractivity contribution < 1.29 is 24.2 Å². The quantitative estimate of drug-likeness (QED) is 0.149. The van der Waals surface area contributed by atoms with Gasteiger partial charge in [-0.15, -0.1) is 0 Å². The van der Waals surface area contributed by atoms with Crippen LogP contribution in [0.15, 0.2) is 17.1 Å². The maximum Gasteiger partial charge on any atom is 0.541 e. The third-order valence-electron chi connectivity index (χ3n) is 6.53. The lowest BCUT2D eigenvalue weighted by Gasteiger charge is -2.35. The Kier molecular flexibility index (Phi) is 10.9. The molecule has 34 heavy (non-hydrogen) atoms. The second kappa shape index (κ2) is 13.4. The van der Waals surface area contributed by atoms with Crippen LogP contribution in [-0.4, -0.2) is 77.3 Å². The first-order valence-corrected chi connectivity index (χ1v) is 12.4. The molecule has 0 aliphatic carbocycles. The summed E-state index contributed by atoms with van der Waals surface area (Å²) in [5.41, 5.74) is 1.18. The van der Waals surface area contributed by atoms with Crippen molar-refractivity contribution in [3.8, 4) is 5.88 Å². The lowest BCUT2D eigenvalue weighted by molar-refractivity contribution is -0.836. The Bertz CT molecular complexity index is 848. The van der Waals surface area contributed by atoms with Gasteiger partial charge in [0.1, 0.15) is 5.84 Å². The molecule has 0 atom stereocenters. The molecule has 1 aliphatic rings. The van der Waals surface area contributed by atoms with Gasteiger partial charge in [-0.25, -0.2) is 4.98 Å². The molecule has 9 nitrogen and oxygen atoms in total. The van der Waals surface area contributed by atoms with Crippen molar-refractivity contribution in [2.24, 2.45) is 16.8 Å². The SMILES string of the molecule is Cc1nc(OCCCC2CC[N+](C)(C([OH2+])=NC(=N)C(C)C)CC2)ccc1C(=O)NCCCCO. The van der Waals surface area contributed by atoms with Crippen LogP contribution in [0.1, 0.15) is 68.4 Å². The van der Waals surface area contributed by atoms with Gasteiger partial charge in [0.2, 0.25) is 5.88 Å². The van der Waals surface area contributed by atoms with Crippen molar-refractivity contribution in [1.82, 2.24) is 10.3 Å². The highest BCUT2D eigenvalue weighted by molar-refractivity contribution is 5.95. The number of amidine groups is 2. The van der Waals surface area contributed by atoms with Gasteiger partial charge in [0.05, 0.1) is 38.0 Å². The molecule has 1 aromatic heterocycles. The molecule has 1 saturated heterocycles. The number of amides is 1. The van der Waals surface area contributed by atoms with E-state index in [1.807, 2.05) is 20.9 Å². The van der Waals surface area contributed by atoms with E-state index >= 15 is 0 Å². The molecule has 0 saturated carbocycles. The molecular formula is C25H43N5O4+2. The number of likely N-dealkylation sites (tertiary alicyclic amines) is 1. The van der Waals surface area contributed by atoms with Gasteiger partial charge < -0.3 is 20.3 Å². The van der Waals surface area contributed by atoms with Crippen LogP contribution in [0.2, 0.25) is 0 Å². The second-order valence-electron chi connectivity index (χ2n) is 9.72. The van der Waals surface area contributed by atoms with E-state index in [4.69, 9.17) is 20.4 Å². The summed E-state index contributed by atoms with van der Waals surface area (Å²) >= 11 is 0. The fourth-order valence-electron chi connectivity index (χ4n) is 4.00. The number of aliphatic imine (C=N–C) groups is 1. The Morgan fingerprint density at radius 3 is 2.65 bits per heavy atom. The number of rotatable bonds is 11. The lowest BCUT2D eigenvalue weighted by atomic mass is 9.91. The van der Waals surface area contributed by atoms with Gasteiger partial charge in [-0.3, -0.25) is 10.2 Å². The standard InChI is InChI=1S/C25H41N5O4/c1-18(2)23(26)29-25(33)30(4)14-11-20(12-15-30)8-7-17-34-22-10-9-21(19(3)28-22)24(32)27-13-5-6-16-31/h9-10,18,20,31H,5-8,11-17H2,1-4H3,(H2-,26,27,29,32,33)/p+2. The molecule has 9 heteroatoms. The van der Waals surface area contributed by atoms with Crippen LogP contribution >= 0.6 is 0 Å². The third kappa shape index (κ3) is 8.36. The first kappa shape index (κ1) is 27.7. The number of aryl methyl sites for hydroxylation is 1. The number of hydrogen-bond acceptors (Lipinski definition) is 5. The van der Waals surface area contributed by atoms with E-state index in [1.165, 1.54) is 0 Å². The van der Waals surface area contributed by atoms with Crippen LogP contribution in [0.3, 0.4) is 0 Å². The van der Waals surface area contributed by atoms with Gasteiger partial charge >= 0.3 is 6.02 Å². The summed E-state index contributed by atoms with van der Waals surface area (Å²) in [6, 6.07) is 3.78. The highest BCUT2D eigenvalue weighted by Crippen LogP contribution is 2.26. The minimum atomic E-state index is -0.154. The molecule has 0 aromatic carbocycles. The van der Waals surface area contributed by atoms with Gasteiger partial charge in [0, 0.05) is 38.0 Å². The zero-order valence-corrected chi connectivity index (χ0v) is 21.2. The Morgan fingerprint density at radius 1 is 1.32 bits per heavy atom. The van der Waals surface area contributed by atoms with E-state index < -0.39 is 0 Å². The van der Waals surface area contributed by atoms with E-state index in [9.17, 15) is 4.79 Å². The number of aliphatic hydroxyl groups is 1. The summed E-state index contributed by atoms with van der Waals surface area (Å²) in [4.78, 5) is 20.9. The number of piperidine rings is 1. The third-order valence-corrected chi connectivity index (χ3v) is 6.53. The summed E-state index contributed by atoms with van der Waals surface area (Å²) in [7, 11) is 2.05. The molecule has 0 spiro atoms. The smallest absolute Gasteiger partial charge is 0.536 e. The molecule has 2 heterocycles. The number of pyridine rings is 1. The van der Waals surface area contributed by atoms with Crippen LogP contribution in [0, 0.1) is 24.2 Å². The number of carbonyl (C=O) groups excluding carboxylic acids is 1. The normalized spacial score (nSPS) is 20.9. The molecule has 2 rings (SSSR count). The van der Waals surface area contributed by atoms with E-state index in [2.05, 4.69) is 15.3 Å². The Labute approximate surface area is 203 Å². The Morgan fingerprint density at radius 2 is 2.03 bits per heavy atom. The van der Waals surface area contributed by atoms with Crippen LogP contribution in [0.25, 0.3) is 0 Å². The van der Waals surface area contributed by atoms with Gasteiger partial charge in [0.25, 0.3) is 5.91 Å². The average molecular weight is 478 g/mol. The van der Waals surface area contributed by atoms with Crippen molar-refractivity contribution in [3.63, 3.8) is 0 Å². The summed E-state index contributed by atoms with van der Waals surface area (Å²) in [5.74, 6) is 1.31. The molecule has 0 radical (unpaired) electrons. The summed E-state index contributed by atoms with van der Waals surface area (Å²) in [6.45, 7) is 8.67. The largest absolute Gasteiger partial charge is 0.541 e. The number of unbranched alkanes of at least 4 members (excludes halogenated alkanes) is 1. The molecule has 1 fully saturated rings. The topological polar surface area (TPSA) is 131 Å². The van der Waals surface area contributed by atoms with E-state index in [1.54, 1.807) is 19.1 Å². The highest BCUT2D eigenvalue weighted by atomic mass is 16.5. The molecule has 1 aliphatic heterocycles.